The molecular formula is C24H44O3. The summed E-state index contributed by atoms with van der Waals surface area (Å²) >= 11 is 0. The molecule has 3 heteroatoms. The van der Waals surface area contributed by atoms with Gasteiger partial charge in [0.1, 0.15) is 5.78 Å². The highest BCUT2D eigenvalue weighted by atomic mass is 16.4. The molecule has 2 atom stereocenters. The molecule has 3 nitrogen and oxygen atoms in total. The van der Waals surface area contributed by atoms with Gasteiger partial charge in [-0.2, -0.15) is 0 Å². The number of hydrogen-bond donors (Lipinski definition) is 1. The molecule has 0 radical (unpaired) electrons. The van der Waals surface area contributed by atoms with E-state index in [1.807, 2.05) is 20.8 Å². The number of aliphatic carboxylic acids is 1. The minimum atomic E-state index is -0.847. The first-order valence-corrected chi connectivity index (χ1v) is 11.1. The second kappa shape index (κ2) is 14.9. The van der Waals surface area contributed by atoms with Crippen LogP contribution < -0.4 is 0 Å². The molecule has 2 unspecified atom stereocenters. The first-order valence-electron chi connectivity index (χ1n) is 11.1. The van der Waals surface area contributed by atoms with Gasteiger partial charge in [-0.15, -0.1) is 0 Å². The largest absolute Gasteiger partial charge is 0.481 e. The molecule has 27 heavy (non-hydrogen) atoms. The highest BCUT2D eigenvalue weighted by Crippen LogP contribution is 2.35. The van der Waals surface area contributed by atoms with Gasteiger partial charge in [-0.25, -0.2) is 0 Å². The van der Waals surface area contributed by atoms with Gasteiger partial charge in [0.2, 0.25) is 0 Å². The zero-order chi connectivity index (χ0) is 20.7. The number of ketones is 1. The number of hydrogen-bond acceptors (Lipinski definition) is 2. The summed E-state index contributed by atoms with van der Waals surface area (Å²) in [6.45, 7) is 9.53. The maximum absolute atomic E-state index is 12.0. The van der Waals surface area contributed by atoms with Crippen molar-refractivity contribution >= 4 is 11.8 Å². The Labute approximate surface area is 168 Å². The molecule has 0 saturated heterocycles. The van der Waals surface area contributed by atoms with Gasteiger partial charge in [0, 0.05) is 5.92 Å². The first-order chi connectivity index (χ1) is 12.7. The first kappa shape index (κ1) is 25.9. The molecule has 0 fully saturated rings. The molecule has 0 aliphatic rings. The van der Waals surface area contributed by atoms with Gasteiger partial charge < -0.3 is 5.11 Å². The van der Waals surface area contributed by atoms with Crippen LogP contribution in [0.15, 0.2) is 12.2 Å². The SMILES string of the molecule is CCCCCCCC/C=C\CCCCCC(C(C)=O)C(C(=O)O)C(C)(C)C. The third-order valence-electron chi connectivity index (χ3n) is 5.40. The fourth-order valence-corrected chi connectivity index (χ4v) is 3.83. The molecule has 158 valence electrons. The van der Waals surface area contributed by atoms with Crippen LogP contribution in [0.2, 0.25) is 0 Å². The van der Waals surface area contributed by atoms with Crippen molar-refractivity contribution in [2.75, 3.05) is 0 Å². The summed E-state index contributed by atoms with van der Waals surface area (Å²) in [6, 6.07) is 0. The number of carbonyl (C=O) groups is 2. The van der Waals surface area contributed by atoms with Crippen LogP contribution in [0.1, 0.15) is 112 Å². The van der Waals surface area contributed by atoms with Crippen LogP contribution in [0.5, 0.6) is 0 Å². The summed E-state index contributed by atoms with van der Waals surface area (Å²) in [5.74, 6) is -1.81. The van der Waals surface area contributed by atoms with E-state index in [1.54, 1.807) is 0 Å². The molecule has 0 aliphatic heterocycles. The Hall–Kier alpha value is -1.12. The minimum Gasteiger partial charge on any atom is -0.481 e. The van der Waals surface area contributed by atoms with Crippen molar-refractivity contribution in [1.29, 1.82) is 0 Å². The van der Waals surface area contributed by atoms with Crippen LogP contribution in [0.4, 0.5) is 0 Å². The number of unbranched alkanes of at least 4 members (excludes halogenated alkanes) is 9. The van der Waals surface area contributed by atoms with E-state index in [0.717, 1.165) is 25.7 Å². The minimum absolute atomic E-state index is 0.0103. The van der Waals surface area contributed by atoms with Crippen molar-refractivity contribution in [1.82, 2.24) is 0 Å². The summed E-state index contributed by atoms with van der Waals surface area (Å²) in [7, 11) is 0. The van der Waals surface area contributed by atoms with Gasteiger partial charge in [-0.1, -0.05) is 84.8 Å². The molecule has 0 aliphatic carbocycles. The lowest BCUT2D eigenvalue weighted by atomic mass is 9.70. The molecular weight excluding hydrogens is 336 g/mol. The number of carbonyl (C=O) groups excluding carboxylic acids is 1. The lowest BCUT2D eigenvalue weighted by Gasteiger charge is -2.32. The molecule has 0 saturated carbocycles. The van der Waals surface area contributed by atoms with Crippen LogP contribution in [0.25, 0.3) is 0 Å². The molecule has 0 aromatic heterocycles. The average molecular weight is 381 g/mol. The second-order valence-corrected chi connectivity index (χ2v) is 9.06. The average Bonchev–Trinajstić information content (AvgIpc) is 2.56. The Morgan fingerprint density at radius 2 is 1.33 bits per heavy atom. The van der Waals surface area contributed by atoms with Gasteiger partial charge in [0.05, 0.1) is 5.92 Å². The topological polar surface area (TPSA) is 54.4 Å². The van der Waals surface area contributed by atoms with E-state index in [-0.39, 0.29) is 11.7 Å². The zero-order valence-corrected chi connectivity index (χ0v) is 18.6. The van der Waals surface area contributed by atoms with Crippen molar-refractivity contribution in [3.8, 4) is 0 Å². The zero-order valence-electron chi connectivity index (χ0n) is 18.6. The number of carboxylic acids is 1. The lowest BCUT2D eigenvalue weighted by molar-refractivity contribution is -0.151. The fourth-order valence-electron chi connectivity index (χ4n) is 3.83. The summed E-state index contributed by atoms with van der Waals surface area (Å²) in [4.78, 5) is 23.7. The van der Waals surface area contributed by atoms with E-state index in [4.69, 9.17) is 0 Å². The van der Waals surface area contributed by atoms with Crippen molar-refractivity contribution in [3.63, 3.8) is 0 Å². The van der Waals surface area contributed by atoms with E-state index in [9.17, 15) is 14.7 Å². The maximum Gasteiger partial charge on any atom is 0.307 e. The van der Waals surface area contributed by atoms with Crippen LogP contribution in [0.3, 0.4) is 0 Å². The molecule has 0 aromatic rings. The Balaban J connectivity index is 3.98. The Kier molecular flexibility index (Phi) is 14.3. The molecule has 0 heterocycles. The lowest BCUT2D eigenvalue weighted by Crippen LogP contribution is -2.38. The Morgan fingerprint density at radius 1 is 0.852 bits per heavy atom. The van der Waals surface area contributed by atoms with E-state index < -0.39 is 17.3 Å². The summed E-state index contributed by atoms with van der Waals surface area (Å²) in [5, 5.41) is 9.57. The van der Waals surface area contributed by atoms with Gasteiger partial charge in [0.25, 0.3) is 0 Å². The Morgan fingerprint density at radius 3 is 1.78 bits per heavy atom. The fraction of sp³-hybridized carbons (Fsp3) is 0.833. The highest BCUT2D eigenvalue weighted by molar-refractivity contribution is 5.84. The summed E-state index contributed by atoms with van der Waals surface area (Å²) in [6.07, 6.45) is 18.7. The molecule has 0 spiro atoms. The monoisotopic (exact) mass is 380 g/mol. The Bertz CT molecular complexity index is 431. The quantitative estimate of drug-likeness (QED) is 0.227. The molecule has 1 N–H and O–H groups in total. The van der Waals surface area contributed by atoms with Gasteiger partial charge >= 0.3 is 5.97 Å². The van der Waals surface area contributed by atoms with Crippen LogP contribution >= 0.6 is 0 Å². The maximum atomic E-state index is 12.0. The van der Waals surface area contributed by atoms with E-state index in [0.29, 0.717) is 6.42 Å². The second-order valence-electron chi connectivity index (χ2n) is 9.06. The van der Waals surface area contributed by atoms with Crippen LogP contribution in [-0.2, 0) is 9.59 Å². The normalized spacial score (nSPS) is 14.4. The summed E-state index contributed by atoms with van der Waals surface area (Å²) in [5.41, 5.74) is -0.401. The number of carboxylic acid groups (broad SMARTS) is 1. The molecule has 0 aromatic carbocycles. The van der Waals surface area contributed by atoms with E-state index in [2.05, 4.69) is 19.1 Å². The van der Waals surface area contributed by atoms with Gasteiger partial charge in [-0.05, 0) is 44.4 Å². The van der Waals surface area contributed by atoms with Crippen molar-refractivity contribution in [3.05, 3.63) is 12.2 Å². The van der Waals surface area contributed by atoms with E-state index >= 15 is 0 Å². The number of allylic oxidation sites excluding steroid dienone is 2. The highest BCUT2D eigenvalue weighted by Gasteiger charge is 2.39. The number of rotatable bonds is 16. The standard InChI is InChI=1S/C24H44O3/c1-6-7-8-9-10-11-12-13-14-15-16-17-18-19-21(20(2)25)22(23(26)27)24(3,4)5/h13-14,21-22H,6-12,15-19H2,1-5H3,(H,26,27)/b14-13-. The molecule has 0 rings (SSSR count). The number of Topliss-reactive ketones (excluding diaryl/α,β-unsaturated/α-hetero) is 1. The third-order valence-corrected chi connectivity index (χ3v) is 5.40. The van der Waals surface area contributed by atoms with Crippen molar-refractivity contribution in [2.45, 2.75) is 112 Å². The predicted octanol–water partition coefficient (Wildman–Crippen LogP) is 7.20. The van der Waals surface area contributed by atoms with Crippen LogP contribution in [0, 0.1) is 17.3 Å². The molecule has 0 bridgehead atoms. The van der Waals surface area contributed by atoms with Crippen molar-refractivity contribution < 1.29 is 14.7 Å². The van der Waals surface area contributed by atoms with Crippen LogP contribution in [-0.4, -0.2) is 16.9 Å². The van der Waals surface area contributed by atoms with E-state index in [1.165, 1.54) is 51.9 Å². The third kappa shape index (κ3) is 12.8. The smallest absolute Gasteiger partial charge is 0.307 e. The predicted molar refractivity (Wildman–Crippen MR) is 115 cm³/mol. The molecule has 0 amide bonds. The van der Waals surface area contributed by atoms with Gasteiger partial charge in [0.15, 0.2) is 0 Å². The van der Waals surface area contributed by atoms with Crippen molar-refractivity contribution in [2.24, 2.45) is 17.3 Å². The summed E-state index contributed by atoms with van der Waals surface area (Å²) < 4.78 is 0. The van der Waals surface area contributed by atoms with Gasteiger partial charge in [-0.3, -0.25) is 9.59 Å².